The number of phenols is 1. The lowest BCUT2D eigenvalue weighted by Crippen LogP contribution is -2.47. The number of benzene rings is 2. The average molecular weight is 352 g/mol. The van der Waals surface area contributed by atoms with Crippen LogP contribution in [0.3, 0.4) is 0 Å². The van der Waals surface area contributed by atoms with Crippen LogP contribution in [0, 0.1) is 12.8 Å². The van der Waals surface area contributed by atoms with Crippen molar-refractivity contribution < 1.29 is 15.0 Å². The average Bonchev–Trinajstić information content (AvgIpc) is 2.65. The smallest absolute Gasteiger partial charge is 0.339 e. The predicted molar refractivity (Wildman–Crippen MR) is 103 cm³/mol. The molecule has 0 atom stereocenters. The van der Waals surface area contributed by atoms with Crippen molar-refractivity contribution in [3.63, 3.8) is 0 Å². The van der Waals surface area contributed by atoms with Gasteiger partial charge in [-0.05, 0) is 56.6 Å². The van der Waals surface area contributed by atoms with Gasteiger partial charge in [-0.25, -0.2) is 4.79 Å². The fourth-order valence-corrected chi connectivity index (χ4v) is 3.41. The molecule has 0 aromatic heterocycles. The standard InChI is InChI=1S/C14H18N2.C7H6O3/c1-11-4-2-3-5-13(11)15-14-10-16-8-6-12(14)7-9-16;8-6-4-2-1-3-5(6)7(9)10/h2-5,12H,6-10H2,1H3;1-4,8H,(H,9,10). The minimum absolute atomic E-state index is 0.0671. The van der Waals surface area contributed by atoms with E-state index in [-0.39, 0.29) is 11.3 Å². The van der Waals surface area contributed by atoms with Gasteiger partial charge >= 0.3 is 5.97 Å². The molecule has 3 saturated heterocycles. The molecule has 0 saturated carbocycles. The molecule has 3 aliphatic rings. The van der Waals surface area contributed by atoms with Gasteiger partial charge in [-0.3, -0.25) is 9.89 Å². The molecule has 3 fully saturated rings. The Morgan fingerprint density at radius 2 is 1.73 bits per heavy atom. The van der Waals surface area contributed by atoms with E-state index in [9.17, 15) is 4.79 Å². The monoisotopic (exact) mass is 352 g/mol. The number of aryl methyl sites for hydroxylation is 1. The molecule has 3 aliphatic heterocycles. The highest BCUT2D eigenvalue weighted by atomic mass is 16.4. The van der Waals surface area contributed by atoms with E-state index in [4.69, 9.17) is 15.2 Å². The Balaban J connectivity index is 0.000000170. The second-order valence-corrected chi connectivity index (χ2v) is 6.76. The highest BCUT2D eigenvalue weighted by molar-refractivity contribution is 5.92. The van der Waals surface area contributed by atoms with Crippen LogP contribution < -0.4 is 0 Å². The van der Waals surface area contributed by atoms with Crippen molar-refractivity contribution in [3.8, 4) is 5.75 Å². The fourth-order valence-electron chi connectivity index (χ4n) is 3.41. The molecule has 0 unspecified atom stereocenters. The molecule has 0 amide bonds. The first-order chi connectivity index (χ1) is 12.5. The largest absolute Gasteiger partial charge is 0.507 e. The number of hydrogen-bond donors (Lipinski definition) is 2. The number of aromatic hydroxyl groups is 1. The molecule has 0 aliphatic carbocycles. The third-order valence-electron chi connectivity index (χ3n) is 4.96. The summed E-state index contributed by atoms with van der Waals surface area (Å²) in [6.07, 6.45) is 2.62. The summed E-state index contributed by atoms with van der Waals surface area (Å²) in [6, 6.07) is 14.2. The van der Waals surface area contributed by atoms with Crippen molar-refractivity contribution in [3.05, 3.63) is 59.7 Å². The summed E-state index contributed by atoms with van der Waals surface area (Å²) in [4.78, 5) is 17.7. The fraction of sp³-hybridized carbons (Fsp3) is 0.333. The van der Waals surface area contributed by atoms with Crippen molar-refractivity contribution in [2.24, 2.45) is 10.9 Å². The molecule has 0 spiro atoms. The lowest BCUT2D eigenvalue weighted by molar-refractivity contribution is 0.0693. The Hall–Kier alpha value is -2.66. The van der Waals surface area contributed by atoms with Gasteiger partial charge in [-0.2, -0.15) is 0 Å². The van der Waals surface area contributed by atoms with Gasteiger partial charge in [0.15, 0.2) is 0 Å². The number of carbonyl (C=O) groups is 1. The second kappa shape index (κ2) is 8.15. The van der Waals surface area contributed by atoms with Gasteiger partial charge in [-0.1, -0.05) is 30.3 Å². The summed E-state index contributed by atoms with van der Waals surface area (Å²) in [6.45, 7) is 5.79. The number of carboxylic acids is 1. The lowest BCUT2D eigenvalue weighted by Gasteiger charge is -2.40. The van der Waals surface area contributed by atoms with Crippen molar-refractivity contribution in [2.45, 2.75) is 19.8 Å². The number of hydrogen-bond acceptors (Lipinski definition) is 4. The van der Waals surface area contributed by atoms with E-state index in [1.807, 2.05) is 0 Å². The molecule has 136 valence electrons. The number of carboxylic acid groups (broad SMARTS) is 1. The first-order valence-electron chi connectivity index (χ1n) is 8.91. The number of piperidine rings is 3. The Bertz CT molecular complexity index is 808. The Kier molecular flexibility index (Phi) is 5.68. The number of rotatable bonds is 2. The molecule has 3 heterocycles. The molecule has 0 radical (unpaired) electrons. The van der Waals surface area contributed by atoms with Crippen LogP contribution in [0.25, 0.3) is 0 Å². The zero-order valence-electron chi connectivity index (χ0n) is 14.9. The number of fused-ring (bicyclic) bond motifs is 3. The minimum Gasteiger partial charge on any atom is -0.507 e. The molecule has 5 nitrogen and oxygen atoms in total. The highest BCUT2D eigenvalue weighted by Crippen LogP contribution is 2.28. The SMILES string of the molecule is Cc1ccccc1N=C1CN2CCC1CC2.O=C(O)c1ccccc1O. The van der Waals surface area contributed by atoms with Crippen LogP contribution in [0.5, 0.6) is 5.75 Å². The van der Waals surface area contributed by atoms with Crippen LogP contribution in [0.15, 0.2) is 53.5 Å². The highest BCUT2D eigenvalue weighted by Gasteiger charge is 2.30. The normalized spacial score (nSPS) is 22.6. The van der Waals surface area contributed by atoms with Gasteiger partial charge in [0.2, 0.25) is 0 Å². The van der Waals surface area contributed by atoms with Crippen molar-refractivity contribution in [2.75, 3.05) is 19.6 Å². The van der Waals surface area contributed by atoms with Gasteiger partial charge in [0.1, 0.15) is 11.3 Å². The third kappa shape index (κ3) is 4.29. The summed E-state index contributed by atoms with van der Waals surface area (Å²) < 4.78 is 0. The van der Waals surface area contributed by atoms with Gasteiger partial charge in [0.05, 0.1) is 5.69 Å². The summed E-state index contributed by atoms with van der Waals surface area (Å²) in [5.41, 5.74) is 3.78. The number of aliphatic imine (C=N–C) groups is 1. The zero-order chi connectivity index (χ0) is 18.5. The maximum absolute atomic E-state index is 10.3. The van der Waals surface area contributed by atoms with Crippen LogP contribution in [-0.2, 0) is 0 Å². The summed E-state index contributed by atoms with van der Waals surface area (Å²) in [7, 11) is 0. The van der Waals surface area contributed by atoms with Gasteiger partial charge < -0.3 is 10.2 Å². The van der Waals surface area contributed by atoms with E-state index in [0.717, 1.165) is 18.2 Å². The number of nitrogens with zero attached hydrogens (tertiary/aromatic N) is 2. The molecular formula is C21H24N2O3. The zero-order valence-corrected chi connectivity index (χ0v) is 14.9. The molecule has 2 N–H and O–H groups in total. The van der Waals surface area contributed by atoms with E-state index >= 15 is 0 Å². The molecule has 5 rings (SSSR count). The van der Waals surface area contributed by atoms with Crippen LogP contribution in [0.4, 0.5) is 5.69 Å². The van der Waals surface area contributed by atoms with Crippen LogP contribution in [-0.4, -0.2) is 46.4 Å². The Morgan fingerprint density at radius 3 is 2.27 bits per heavy atom. The maximum atomic E-state index is 10.3. The second-order valence-electron chi connectivity index (χ2n) is 6.76. The quantitative estimate of drug-likeness (QED) is 0.860. The van der Waals surface area contributed by atoms with E-state index in [0.29, 0.717) is 0 Å². The molecule has 2 bridgehead atoms. The van der Waals surface area contributed by atoms with Crippen LogP contribution >= 0.6 is 0 Å². The summed E-state index contributed by atoms with van der Waals surface area (Å²) >= 11 is 0. The maximum Gasteiger partial charge on any atom is 0.339 e. The topological polar surface area (TPSA) is 73.1 Å². The van der Waals surface area contributed by atoms with Crippen LogP contribution in [0.2, 0.25) is 0 Å². The van der Waals surface area contributed by atoms with E-state index in [1.54, 1.807) is 12.1 Å². The predicted octanol–water partition coefficient (Wildman–Crippen LogP) is 3.88. The first kappa shape index (κ1) is 18.1. The third-order valence-corrected chi connectivity index (χ3v) is 4.96. The number of para-hydroxylation sites is 2. The van der Waals surface area contributed by atoms with Crippen molar-refractivity contribution in [1.82, 2.24) is 4.90 Å². The summed E-state index contributed by atoms with van der Waals surface area (Å²) in [5, 5.41) is 17.3. The van der Waals surface area contributed by atoms with Gasteiger partial charge in [-0.15, -0.1) is 0 Å². The van der Waals surface area contributed by atoms with Gasteiger partial charge in [0.25, 0.3) is 0 Å². The van der Waals surface area contributed by atoms with Gasteiger partial charge in [0, 0.05) is 18.2 Å². The van der Waals surface area contributed by atoms with E-state index < -0.39 is 5.97 Å². The Morgan fingerprint density at radius 1 is 1.08 bits per heavy atom. The summed E-state index contributed by atoms with van der Waals surface area (Å²) in [5.74, 6) is -0.558. The lowest BCUT2D eigenvalue weighted by atomic mass is 9.86. The van der Waals surface area contributed by atoms with E-state index in [1.165, 1.54) is 49.3 Å². The van der Waals surface area contributed by atoms with E-state index in [2.05, 4.69) is 36.1 Å². The molecule has 2 aromatic carbocycles. The van der Waals surface area contributed by atoms with Crippen LogP contribution in [0.1, 0.15) is 28.8 Å². The minimum atomic E-state index is -1.11. The molecule has 2 aromatic rings. The number of aromatic carboxylic acids is 1. The first-order valence-corrected chi connectivity index (χ1v) is 8.91. The molecular weight excluding hydrogens is 328 g/mol. The molecule has 5 heteroatoms. The molecule has 26 heavy (non-hydrogen) atoms. The van der Waals surface area contributed by atoms with Crippen molar-refractivity contribution in [1.29, 1.82) is 0 Å². The van der Waals surface area contributed by atoms with Crippen molar-refractivity contribution >= 4 is 17.4 Å². The Labute approximate surface area is 153 Å².